The molecule has 1 heteroatoms. The van der Waals surface area contributed by atoms with Crippen molar-refractivity contribution in [1.82, 2.24) is 0 Å². The Morgan fingerprint density at radius 2 is 1.30 bits per heavy atom. The van der Waals surface area contributed by atoms with Crippen molar-refractivity contribution in [3.63, 3.8) is 0 Å². The molecule has 5 rings (SSSR count). The van der Waals surface area contributed by atoms with E-state index in [1.165, 1.54) is 83.7 Å². The third kappa shape index (κ3) is 4.76. The van der Waals surface area contributed by atoms with E-state index in [-0.39, 0.29) is 0 Å². The van der Waals surface area contributed by atoms with Gasteiger partial charge in [0.25, 0.3) is 0 Å². The zero-order valence-corrected chi connectivity index (χ0v) is 19.6. The zero-order chi connectivity index (χ0) is 22.5. The highest BCUT2D eigenvalue weighted by Gasteiger charge is 2.09. The SMILES string of the molecule is CCCCCCCCCCC#Cc1cc2c(ccc3c4cc5ccccc5cc4ccc23)o1. The van der Waals surface area contributed by atoms with Gasteiger partial charge in [-0.1, -0.05) is 100 Å². The molecule has 166 valence electrons. The molecule has 0 atom stereocenters. The highest BCUT2D eigenvalue weighted by Crippen LogP contribution is 2.34. The predicted octanol–water partition coefficient (Wildman–Crippen LogP) is 9.77. The quantitative estimate of drug-likeness (QED) is 0.103. The standard InChI is InChI=1S/C32H32O/c1-2-3-4-5-6-7-8-9-10-11-16-27-23-31-29-18-17-26-21-24-14-12-13-15-25(24)22-30(26)28(29)19-20-32(31)33-27/h12-15,17-23H,2-10H2,1H3. The highest BCUT2D eigenvalue weighted by molar-refractivity contribution is 6.18. The van der Waals surface area contributed by atoms with E-state index in [4.69, 9.17) is 4.42 Å². The third-order valence-corrected chi connectivity index (χ3v) is 6.75. The predicted molar refractivity (Wildman–Crippen MR) is 143 cm³/mol. The van der Waals surface area contributed by atoms with Crippen LogP contribution in [0, 0.1) is 11.8 Å². The van der Waals surface area contributed by atoms with Gasteiger partial charge in [0.15, 0.2) is 5.76 Å². The van der Waals surface area contributed by atoms with Crippen LogP contribution >= 0.6 is 0 Å². The maximum Gasteiger partial charge on any atom is 0.178 e. The summed E-state index contributed by atoms with van der Waals surface area (Å²) >= 11 is 0. The van der Waals surface area contributed by atoms with Gasteiger partial charge in [0, 0.05) is 17.9 Å². The number of unbranched alkanes of at least 4 members (excludes halogenated alkanes) is 8. The molecule has 0 bridgehead atoms. The number of fused-ring (bicyclic) bond motifs is 6. The summed E-state index contributed by atoms with van der Waals surface area (Å²) < 4.78 is 6.07. The average molecular weight is 433 g/mol. The lowest BCUT2D eigenvalue weighted by Crippen LogP contribution is -1.80. The molecule has 0 aliphatic heterocycles. The van der Waals surface area contributed by atoms with Crippen LogP contribution in [0.15, 0.2) is 71.1 Å². The van der Waals surface area contributed by atoms with E-state index in [1.807, 2.05) is 0 Å². The van der Waals surface area contributed by atoms with Gasteiger partial charge in [-0.3, -0.25) is 0 Å². The summed E-state index contributed by atoms with van der Waals surface area (Å²) in [4.78, 5) is 0. The van der Waals surface area contributed by atoms with Crippen LogP contribution in [0.4, 0.5) is 0 Å². The zero-order valence-electron chi connectivity index (χ0n) is 19.6. The minimum atomic E-state index is 0.774. The van der Waals surface area contributed by atoms with Crippen molar-refractivity contribution >= 4 is 43.3 Å². The first-order valence-electron chi connectivity index (χ1n) is 12.6. The first-order valence-corrected chi connectivity index (χ1v) is 12.6. The van der Waals surface area contributed by atoms with Gasteiger partial charge in [0.05, 0.1) is 0 Å². The number of furan rings is 1. The fraction of sp³-hybridized carbons (Fsp3) is 0.312. The summed E-state index contributed by atoms with van der Waals surface area (Å²) in [6.45, 7) is 2.27. The summed E-state index contributed by atoms with van der Waals surface area (Å²) in [5.74, 6) is 7.36. The molecule has 5 aromatic rings. The lowest BCUT2D eigenvalue weighted by atomic mass is 9.97. The van der Waals surface area contributed by atoms with Crippen LogP contribution in [-0.4, -0.2) is 0 Å². The molecule has 0 amide bonds. The minimum absolute atomic E-state index is 0.774. The minimum Gasteiger partial charge on any atom is -0.448 e. The number of hydrogen-bond acceptors (Lipinski definition) is 1. The molecular weight excluding hydrogens is 400 g/mol. The van der Waals surface area contributed by atoms with Gasteiger partial charge >= 0.3 is 0 Å². The molecule has 0 N–H and O–H groups in total. The van der Waals surface area contributed by atoms with Gasteiger partial charge in [0.1, 0.15) is 5.58 Å². The van der Waals surface area contributed by atoms with Crippen LogP contribution in [-0.2, 0) is 0 Å². The van der Waals surface area contributed by atoms with Crippen molar-refractivity contribution in [2.45, 2.75) is 64.7 Å². The lowest BCUT2D eigenvalue weighted by molar-refractivity contribution is 0.579. The molecule has 33 heavy (non-hydrogen) atoms. The van der Waals surface area contributed by atoms with Crippen molar-refractivity contribution in [3.05, 3.63) is 72.5 Å². The van der Waals surface area contributed by atoms with Crippen molar-refractivity contribution in [2.24, 2.45) is 0 Å². The van der Waals surface area contributed by atoms with Gasteiger partial charge in [-0.25, -0.2) is 0 Å². The summed E-state index contributed by atoms with van der Waals surface area (Å²) in [6, 6.07) is 24.0. The molecule has 4 aromatic carbocycles. The Morgan fingerprint density at radius 1 is 0.606 bits per heavy atom. The molecule has 0 spiro atoms. The van der Waals surface area contributed by atoms with E-state index in [0.717, 1.165) is 23.2 Å². The van der Waals surface area contributed by atoms with E-state index in [2.05, 4.69) is 85.5 Å². The van der Waals surface area contributed by atoms with Gasteiger partial charge in [0.2, 0.25) is 0 Å². The van der Waals surface area contributed by atoms with E-state index in [9.17, 15) is 0 Å². The van der Waals surface area contributed by atoms with Crippen LogP contribution in [0.5, 0.6) is 0 Å². The van der Waals surface area contributed by atoms with Crippen molar-refractivity contribution in [3.8, 4) is 11.8 Å². The van der Waals surface area contributed by atoms with E-state index in [0.29, 0.717) is 0 Å². The first-order chi connectivity index (χ1) is 16.3. The van der Waals surface area contributed by atoms with Crippen LogP contribution in [0.2, 0.25) is 0 Å². The maximum absolute atomic E-state index is 6.07. The number of hydrogen-bond donors (Lipinski definition) is 0. The Labute approximate surface area is 196 Å². The fourth-order valence-electron chi connectivity index (χ4n) is 4.91. The second-order valence-electron chi connectivity index (χ2n) is 9.20. The van der Waals surface area contributed by atoms with Crippen LogP contribution < -0.4 is 0 Å². The third-order valence-electron chi connectivity index (χ3n) is 6.75. The number of rotatable bonds is 8. The molecule has 0 unspecified atom stereocenters. The lowest BCUT2D eigenvalue weighted by Gasteiger charge is -2.07. The maximum atomic E-state index is 6.07. The molecule has 1 heterocycles. The summed E-state index contributed by atoms with van der Waals surface area (Å²) in [5.41, 5.74) is 0.916. The topological polar surface area (TPSA) is 13.1 Å². The van der Waals surface area contributed by atoms with Crippen molar-refractivity contribution < 1.29 is 4.42 Å². The molecule has 0 fully saturated rings. The van der Waals surface area contributed by atoms with Gasteiger partial charge in [-0.15, -0.1) is 0 Å². The molecule has 0 aliphatic rings. The second kappa shape index (κ2) is 10.1. The Hall–Kier alpha value is -3.24. The van der Waals surface area contributed by atoms with Gasteiger partial charge in [-0.2, -0.15) is 0 Å². The molecule has 0 radical (unpaired) electrons. The highest BCUT2D eigenvalue weighted by atomic mass is 16.3. The largest absolute Gasteiger partial charge is 0.448 e. The van der Waals surface area contributed by atoms with Crippen molar-refractivity contribution in [1.29, 1.82) is 0 Å². The van der Waals surface area contributed by atoms with Crippen LogP contribution in [0.1, 0.15) is 70.5 Å². The van der Waals surface area contributed by atoms with Crippen LogP contribution in [0.3, 0.4) is 0 Å². The monoisotopic (exact) mass is 432 g/mol. The summed E-state index contributed by atoms with van der Waals surface area (Å²) in [6.07, 6.45) is 11.6. The van der Waals surface area contributed by atoms with E-state index in [1.54, 1.807) is 0 Å². The molecule has 1 nitrogen and oxygen atoms in total. The van der Waals surface area contributed by atoms with Gasteiger partial charge in [-0.05, 0) is 62.9 Å². The average Bonchev–Trinajstić information content (AvgIpc) is 3.27. The molecule has 0 aliphatic carbocycles. The van der Waals surface area contributed by atoms with Gasteiger partial charge < -0.3 is 4.42 Å². The number of benzene rings is 4. The molecule has 0 saturated heterocycles. The molecule has 0 saturated carbocycles. The van der Waals surface area contributed by atoms with Crippen LogP contribution in [0.25, 0.3) is 43.3 Å². The van der Waals surface area contributed by atoms with E-state index < -0.39 is 0 Å². The summed E-state index contributed by atoms with van der Waals surface area (Å²) in [5, 5.41) is 8.77. The Balaban J connectivity index is 1.32. The molecule has 1 aromatic heterocycles. The Kier molecular flexibility index (Phi) is 6.63. The normalized spacial score (nSPS) is 11.4. The van der Waals surface area contributed by atoms with Crippen molar-refractivity contribution in [2.75, 3.05) is 0 Å². The molecular formula is C32H32O. The fourth-order valence-corrected chi connectivity index (χ4v) is 4.91. The Bertz CT molecular complexity index is 1460. The first kappa shape index (κ1) is 21.6. The second-order valence-corrected chi connectivity index (χ2v) is 9.20. The summed E-state index contributed by atoms with van der Waals surface area (Å²) in [7, 11) is 0. The Morgan fingerprint density at radius 3 is 2.12 bits per heavy atom. The smallest absolute Gasteiger partial charge is 0.178 e. The van der Waals surface area contributed by atoms with E-state index >= 15 is 0 Å².